The van der Waals surface area contributed by atoms with Crippen molar-refractivity contribution in [2.24, 2.45) is 5.73 Å². The predicted octanol–water partition coefficient (Wildman–Crippen LogP) is 0.528. The Balaban J connectivity index is 2.35. The third-order valence-electron chi connectivity index (χ3n) is 2.77. The van der Waals surface area contributed by atoms with E-state index in [0.717, 1.165) is 11.8 Å². The minimum absolute atomic E-state index is 0.470. The Morgan fingerprint density at radius 3 is 2.57 bits per heavy atom. The summed E-state index contributed by atoms with van der Waals surface area (Å²) in [5.41, 5.74) is 5.64. The SMILES string of the molecule is CN(C)c1nnc(CN)n1C1CCC1. The van der Waals surface area contributed by atoms with E-state index in [4.69, 9.17) is 5.73 Å². The normalized spacial score (nSPS) is 16.8. The Labute approximate surface area is 83.9 Å². The summed E-state index contributed by atoms with van der Waals surface area (Å²) in [6, 6.07) is 0.570. The Bertz CT molecular complexity index is 313. The Hall–Kier alpha value is -1.10. The molecule has 0 saturated heterocycles. The van der Waals surface area contributed by atoms with E-state index >= 15 is 0 Å². The van der Waals surface area contributed by atoms with Gasteiger partial charge in [0.15, 0.2) is 0 Å². The summed E-state index contributed by atoms with van der Waals surface area (Å²) in [5, 5.41) is 8.25. The van der Waals surface area contributed by atoms with Crippen LogP contribution in [0, 0.1) is 0 Å². The first kappa shape index (κ1) is 9.45. The van der Waals surface area contributed by atoms with Crippen molar-refractivity contribution in [2.75, 3.05) is 19.0 Å². The molecule has 78 valence electrons. The van der Waals surface area contributed by atoms with Gasteiger partial charge in [-0.25, -0.2) is 0 Å². The molecule has 14 heavy (non-hydrogen) atoms. The first-order chi connectivity index (χ1) is 6.74. The zero-order chi connectivity index (χ0) is 10.1. The highest BCUT2D eigenvalue weighted by Gasteiger charge is 2.25. The van der Waals surface area contributed by atoms with Gasteiger partial charge < -0.3 is 10.6 Å². The van der Waals surface area contributed by atoms with Gasteiger partial charge in [0, 0.05) is 20.1 Å². The van der Waals surface area contributed by atoms with Crippen molar-refractivity contribution in [3.63, 3.8) is 0 Å². The molecule has 1 heterocycles. The van der Waals surface area contributed by atoms with Gasteiger partial charge in [-0.2, -0.15) is 0 Å². The predicted molar refractivity (Wildman–Crippen MR) is 55.1 cm³/mol. The smallest absolute Gasteiger partial charge is 0.227 e. The molecule has 0 atom stereocenters. The molecule has 1 aromatic heterocycles. The van der Waals surface area contributed by atoms with Gasteiger partial charge in [-0.15, -0.1) is 10.2 Å². The van der Waals surface area contributed by atoms with Gasteiger partial charge in [0.25, 0.3) is 0 Å². The van der Waals surface area contributed by atoms with Crippen LogP contribution in [0.3, 0.4) is 0 Å². The van der Waals surface area contributed by atoms with Crippen LogP contribution in [0.15, 0.2) is 0 Å². The minimum atomic E-state index is 0.470. The van der Waals surface area contributed by atoms with Crippen molar-refractivity contribution >= 4 is 5.95 Å². The number of rotatable bonds is 3. The molecule has 0 unspecified atom stereocenters. The van der Waals surface area contributed by atoms with Gasteiger partial charge in [0.2, 0.25) is 5.95 Å². The molecule has 1 fully saturated rings. The van der Waals surface area contributed by atoms with Crippen molar-refractivity contribution < 1.29 is 0 Å². The van der Waals surface area contributed by atoms with Gasteiger partial charge >= 0.3 is 0 Å². The molecule has 0 aliphatic heterocycles. The highest BCUT2D eigenvalue weighted by molar-refractivity contribution is 5.29. The molecule has 1 aromatic rings. The molecular weight excluding hydrogens is 178 g/mol. The van der Waals surface area contributed by atoms with Crippen LogP contribution in [-0.4, -0.2) is 28.9 Å². The fraction of sp³-hybridized carbons (Fsp3) is 0.778. The third kappa shape index (κ3) is 1.37. The van der Waals surface area contributed by atoms with Crippen LogP contribution in [0.25, 0.3) is 0 Å². The molecule has 5 heteroatoms. The molecule has 1 aliphatic rings. The summed E-state index contributed by atoms with van der Waals surface area (Å²) in [5.74, 6) is 1.83. The molecule has 1 aliphatic carbocycles. The van der Waals surface area contributed by atoms with E-state index in [9.17, 15) is 0 Å². The van der Waals surface area contributed by atoms with Crippen LogP contribution >= 0.6 is 0 Å². The van der Waals surface area contributed by atoms with Crippen molar-refractivity contribution in [1.29, 1.82) is 0 Å². The van der Waals surface area contributed by atoms with Crippen LogP contribution in [0.5, 0.6) is 0 Å². The molecule has 5 nitrogen and oxygen atoms in total. The number of hydrogen-bond donors (Lipinski definition) is 1. The van der Waals surface area contributed by atoms with Crippen molar-refractivity contribution in [3.8, 4) is 0 Å². The standard InChI is InChI=1S/C9H17N5/c1-13(2)9-12-11-8(6-10)14(9)7-4-3-5-7/h7H,3-6,10H2,1-2H3. The van der Waals surface area contributed by atoms with Gasteiger partial charge in [-0.3, -0.25) is 4.57 Å². The topological polar surface area (TPSA) is 60.0 Å². The number of aromatic nitrogens is 3. The summed E-state index contributed by atoms with van der Waals surface area (Å²) in [7, 11) is 3.97. The lowest BCUT2D eigenvalue weighted by atomic mass is 9.93. The molecule has 0 spiro atoms. The monoisotopic (exact) mass is 195 g/mol. The lowest BCUT2D eigenvalue weighted by Gasteiger charge is -2.30. The first-order valence-electron chi connectivity index (χ1n) is 5.05. The van der Waals surface area contributed by atoms with Gasteiger partial charge in [-0.05, 0) is 19.3 Å². The van der Waals surface area contributed by atoms with Crippen LogP contribution < -0.4 is 10.6 Å². The molecule has 0 amide bonds. The Morgan fingerprint density at radius 1 is 1.43 bits per heavy atom. The van der Waals surface area contributed by atoms with Gasteiger partial charge in [0.05, 0.1) is 6.54 Å². The minimum Gasteiger partial charge on any atom is -0.347 e. The summed E-state index contributed by atoms with van der Waals surface area (Å²) in [4.78, 5) is 1.99. The van der Waals surface area contributed by atoms with E-state index < -0.39 is 0 Å². The van der Waals surface area contributed by atoms with E-state index in [1.807, 2.05) is 19.0 Å². The average Bonchev–Trinajstić information content (AvgIpc) is 2.45. The van der Waals surface area contributed by atoms with E-state index in [1.54, 1.807) is 0 Å². The second-order valence-electron chi connectivity index (χ2n) is 3.97. The van der Waals surface area contributed by atoms with E-state index in [-0.39, 0.29) is 0 Å². The van der Waals surface area contributed by atoms with E-state index in [1.165, 1.54) is 19.3 Å². The maximum atomic E-state index is 5.64. The van der Waals surface area contributed by atoms with Crippen LogP contribution in [-0.2, 0) is 6.54 Å². The summed E-state index contributed by atoms with van der Waals surface area (Å²) < 4.78 is 2.18. The largest absolute Gasteiger partial charge is 0.347 e. The summed E-state index contributed by atoms with van der Waals surface area (Å²) >= 11 is 0. The summed E-state index contributed by atoms with van der Waals surface area (Å²) in [6.45, 7) is 0.470. The van der Waals surface area contributed by atoms with Gasteiger partial charge in [0.1, 0.15) is 5.82 Å². The molecule has 2 N–H and O–H groups in total. The lowest BCUT2D eigenvalue weighted by Crippen LogP contribution is -2.25. The maximum Gasteiger partial charge on any atom is 0.227 e. The fourth-order valence-electron chi connectivity index (χ4n) is 1.78. The Morgan fingerprint density at radius 2 is 2.14 bits per heavy atom. The zero-order valence-electron chi connectivity index (χ0n) is 8.77. The molecular formula is C9H17N5. The molecule has 1 saturated carbocycles. The average molecular weight is 195 g/mol. The van der Waals surface area contributed by atoms with Crippen molar-refractivity contribution in [2.45, 2.75) is 31.8 Å². The second-order valence-corrected chi connectivity index (χ2v) is 3.97. The van der Waals surface area contributed by atoms with Crippen LogP contribution in [0.4, 0.5) is 5.95 Å². The first-order valence-corrected chi connectivity index (χ1v) is 5.05. The number of hydrogen-bond acceptors (Lipinski definition) is 4. The van der Waals surface area contributed by atoms with E-state index in [2.05, 4.69) is 14.8 Å². The van der Waals surface area contributed by atoms with Crippen LogP contribution in [0.2, 0.25) is 0 Å². The molecule has 0 radical (unpaired) electrons. The molecule has 0 bridgehead atoms. The second kappa shape index (κ2) is 3.57. The van der Waals surface area contributed by atoms with Crippen LogP contribution in [0.1, 0.15) is 31.1 Å². The summed E-state index contributed by atoms with van der Waals surface area (Å²) in [6.07, 6.45) is 3.76. The number of anilines is 1. The highest BCUT2D eigenvalue weighted by Crippen LogP contribution is 2.34. The molecule has 0 aromatic carbocycles. The number of nitrogens with zero attached hydrogens (tertiary/aromatic N) is 4. The van der Waals surface area contributed by atoms with E-state index in [0.29, 0.717) is 12.6 Å². The maximum absolute atomic E-state index is 5.64. The quantitative estimate of drug-likeness (QED) is 0.764. The molecule has 2 rings (SSSR count). The Kier molecular flexibility index (Phi) is 2.41. The van der Waals surface area contributed by atoms with Gasteiger partial charge in [-0.1, -0.05) is 0 Å². The van der Waals surface area contributed by atoms with Crippen molar-refractivity contribution in [3.05, 3.63) is 5.82 Å². The lowest BCUT2D eigenvalue weighted by molar-refractivity contribution is 0.307. The van der Waals surface area contributed by atoms with Crippen molar-refractivity contribution in [1.82, 2.24) is 14.8 Å². The fourth-order valence-corrected chi connectivity index (χ4v) is 1.78. The zero-order valence-corrected chi connectivity index (χ0v) is 8.77. The highest BCUT2D eigenvalue weighted by atomic mass is 15.4. The third-order valence-corrected chi connectivity index (χ3v) is 2.77. The number of nitrogens with two attached hydrogens (primary N) is 1.